The normalized spacial score (nSPS) is 16.1. The standard InChI is InChI=1S/C19H21N3O5S/c1-3-26-17-7-12-6-11(2)27-18(12)8-13(17)10-20-28(24,25)14-4-5-15-16(9-14)22-19(23)21-15/h4-5,7-9,11,20H,3,6,10H2,1-2H3,(H2,21,22,23)/t11-/m1/s1. The number of aromatic amines is 2. The predicted octanol–water partition coefficient (Wildman–Crippen LogP) is 2.06. The molecule has 0 radical (unpaired) electrons. The van der Waals surface area contributed by atoms with E-state index in [0.29, 0.717) is 29.0 Å². The molecule has 2 aromatic carbocycles. The van der Waals surface area contributed by atoms with Crippen LogP contribution in [0.3, 0.4) is 0 Å². The zero-order valence-corrected chi connectivity index (χ0v) is 16.4. The largest absolute Gasteiger partial charge is 0.494 e. The molecule has 28 heavy (non-hydrogen) atoms. The van der Waals surface area contributed by atoms with Gasteiger partial charge in [-0.3, -0.25) is 0 Å². The monoisotopic (exact) mass is 403 g/mol. The van der Waals surface area contributed by atoms with Crippen molar-refractivity contribution in [1.29, 1.82) is 0 Å². The summed E-state index contributed by atoms with van der Waals surface area (Å²) >= 11 is 0. The Morgan fingerprint density at radius 2 is 2.00 bits per heavy atom. The van der Waals surface area contributed by atoms with Gasteiger partial charge in [-0.1, -0.05) is 0 Å². The Labute approximate surface area is 161 Å². The van der Waals surface area contributed by atoms with Gasteiger partial charge in [0.25, 0.3) is 0 Å². The maximum atomic E-state index is 12.7. The van der Waals surface area contributed by atoms with E-state index in [1.165, 1.54) is 12.1 Å². The summed E-state index contributed by atoms with van der Waals surface area (Å²) in [5.74, 6) is 1.41. The molecule has 1 aliphatic rings. The van der Waals surface area contributed by atoms with Crippen LogP contribution in [0.15, 0.2) is 40.0 Å². The van der Waals surface area contributed by atoms with Gasteiger partial charge in [0.05, 0.1) is 22.5 Å². The van der Waals surface area contributed by atoms with Gasteiger partial charge in [0.1, 0.15) is 17.6 Å². The minimum Gasteiger partial charge on any atom is -0.494 e. The molecule has 0 bridgehead atoms. The van der Waals surface area contributed by atoms with Gasteiger partial charge in [-0.15, -0.1) is 0 Å². The summed E-state index contributed by atoms with van der Waals surface area (Å²) in [7, 11) is -3.78. The Kier molecular flexibility index (Phi) is 4.64. The summed E-state index contributed by atoms with van der Waals surface area (Å²) in [6.07, 6.45) is 0.891. The second-order valence-corrected chi connectivity index (χ2v) is 8.51. The zero-order valence-electron chi connectivity index (χ0n) is 15.5. The van der Waals surface area contributed by atoms with E-state index in [1.54, 1.807) is 6.07 Å². The van der Waals surface area contributed by atoms with E-state index in [9.17, 15) is 13.2 Å². The van der Waals surface area contributed by atoms with Gasteiger partial charge >= 0.3 is 5.69 Å². The highest BCUT2D eigenvalue weighted by Crippen LogP contribution is 2.35. The molecule has 148 valence electrons. The van der Waals surface area contributed by atoms with Gasteiger partial charge in [-0.25, -0.2) is 17.9 Å². The molecule has 0 fully saturated rings. The number of rotatable bonds is 6. The van der Waals surface area contributed by atoms with Gasteiger partial charge in [0.2, 0.25) is 10.0 Å². The zero-order chi connectivity index (χ0) is 19.9. The summed E-state index contributed by atoms with van der Waals surface area (Å²) in [5, 5.41) is 0. The first-order chi connectivity index (χ1) is 13.4. The van der Waals surface area contributed by atoms with Crippen LogP contribution in [0.2, 0.25) is 0 Å². The second-order valence-electron chi connectivity index (χ2n) is 6.74. The maximum absolute atomic E-state index is 12.7. The van der Waals surface area contributed by atoms with E-state index in [0.717, 1.165) is 17.7 Å². The van der Waals surface area contributed by atoms with Gasteiger partial charge in [-0.05, 0) is 44.2 Å². The summed E-state index contributed by atoms with van der Waals surface area (Å²) in [4.78, 5) is 16.6. The number of benzene rings is 2. The third-order valence-electron chi connectivity index (χ3n) is 4.63. The first kappa shape index (κ1) is 18.6. The Morgan fingerprint density at radius 1 is 1.21 bits per heavy atom. The number of sulfonamides is 1. The molecule has 0 unspecified atom stereocenters. The molecule has 3 aromatic rings. The average molecular weight is 403 g/mol. The summed E-state index contributed by atoms with van der Waals surface area (Å²) < 4.78 is 39.5. The molecule has 2 heterocycles. The quantitative estimate of drug-likeness (QED) is 0.583. The Hall–Kier alpha value is -2.78. The number of nitrogens with one attached hydrogen (secondary N) is 3. The van der Waals surface area contributed by atoms with Crippen molar-refractivity contribution < 1.29 is 17.9 Å². The van der Waals surface area contributed by atoms with Crippen LogP contribution in [0.25, 0.3) is 11.0 Å². The molecule has 3 N–H and O–H groups in total. The van der Waals surface area contributed by atoms with E-state index >= 15 is 0 Å². The fourth-order valence-electron chi connectivity index (χ4n) is 3.34. The number of H-pyrrole nitrogens is 2. The van der Waals surface area contributed by atoms with Crippen LogP contribution >= 0.6 is 0 Å². The van der Waals surface area contributed by atoms with Gasteiger partial charge in [0.15, 0.2) is 0 Å². The Balaban J connectivity index is 1.60. The highest BCUT2D eigenvalue weighted by atomic mass is 32.2. The van der Waals surface area contributed by atoms with Crippen molar-refractivity contribution in [2.45, 2.75) is 37.8 Å². The van der Waals surface area contributed by atoms with Crippen LogP contribution in [0, 0.1) is 0 Å². The van der Waals surface area contributed by atoms with Crippen molar-refractivity contribution in [3.05, 3.63) is 51.9 Å². The number of imidazole rings is 1. The molecule has 0 amide bonds. The van der Waals surface area contributed by atoms with E-state index in [2.05, 4.69) is 14.7 Å². The van der Waals surface area contributed by atoms with Crippen LogP contribution in [0.5, 0.6) is 11.5 Å². The number of hydrogen-bond acceptors (Lipinski definition) is 5. The summed E-state index contributed by atoms with van der Waals surface area (Å²) in [5.41, 5.74) is 2.36. The van der Waals surface area contributed by atoms with E-state index in [4.69, 9.17) is 9.47 Å². The molecule has 0 aliphatic carbocycles. The lowest BCUT2D eigenvalue weighted by Gasteiger charge is -2.13. The fraction of sp³-hybridized carbons (Fsp3) is 0.316. The van der Waals surface area contributed by atoms with Crippen LogP contribution in [0.4, 0.5) is 0 Å². The van der Waals surface area contributed by atoms with Gasteiger partial charge in [-0.2, -0.15) is 0 Å². The third kappa shape index (κ3) is 3.50. The first-order valence-electron chi connectivity index (χ1n) is 9.02. The van der Waals surface area contributed by atoms with Gasteiger partial charge < -0.3 is 19.4 Å². The van der Waals surface area contributed by atoms with Crippen molar-refractivity contribution in [3.63, 3.8) is 0 Å². The van der Waals surface area contributed by atoms with Crippen molar-refractivity contribution in [1.82, 2.24) is 14.7 Å². The first-order valence-corrected chi connectivity index (χ1v) is 10.5. The number of aromatic nitrogens is 2. The number of hydrogen-bond donors (Lipinski definition) is 3. The van der Waals surface area contributed by atoms with Crippen LogP contribution in [-0.2, 0) is 23.0 Å². The van der Waals surface area contributed by atoms with E-state index in [-0.39, 0.29) is 23.2 Å². The molecular formula is C19H21N3O5S. The second kappa shape index (κ2) is 6.99. The number of fused-ring (bicyclic) bond motifs is 2. The Morgan fingerprint density at radius 3 is 2.79 bits per heavy atom. The summed E-state index contributed by atoms with van der Waals surface area (Å²) in [6.45, 7) is 4.41. The van der Waals surface area contributed by atoms with Crippen molar-refractivity contribution in [2.24, 2.45) is 0 Å². The highest BCUT2D eigenvalue weighted by Gasteiger charge is 2.23. The lowest BCUT2D eigenvalue weighted by atomic mass is 10.1. The predicted molar refractivity (Wildman–Crippen MR) is 104 cm³/mol. The third-order valence-corrected chi connectivity index (χ3v) is 6.03. The summed E-state index contributed by atoms with van der Waals surface area (Å²) in [6, 6.07) is 8.18. The molecular weight excluding hydrogens is 382 g/mol. The van der Waals surface area contributed by atoms with Crippen molar-refractivity contribution in [2.75, 3.05) is 6.61 Å². The molecule has 0 saturated carbocycles. The van der Waals surface area contributed by atoms with E-state index < -0.39 is 10.0 Å². The molecule has 9 heteroatoms. The molecule has 1 aliphatic heterocycles. The highest BCUT2D eigenvalue weighted by molar-refractivity contribution is 7.89. The fourth-order valence-corrected chi connectivity index (χ4v) is 4.38. The molecule has 4 rings (SSSR count). The lowest BCUT2D eigenvalue weighted by Crippen LogP contribution is -2.23. The van der Waals surface area contributed by atoms with Crippen LogP contribution in [-0.4, -0.2) is 31.1 Å². The lowest BCUT2D eigenvalue weighted by molar-refractivity contribution is 0.254. The van der Waals surface area contributed by atoms with Crippen LogP contribution < -0.4 is 19.9 Å². The molecule has 0 spiro atoms. The molecule has 0 saturated heterocycles. The SMILES string of the molecule is CCOc1cc2c(cc1CNS(=O)(=O)c1ccc3[nH]c(=O)[nH]c3c1)O[C@H](C)C2. The minimum atomic E-state index is -3.78. The average Bonchev–Trinajstić information content (AvgIpc) is 3.19. The van der Waals surface area contributed by atoms with Gasteiger partial charge in [0, 0.05) is 24.1 Å². The molecule has 1 atom stereocenters. The van der Waals surface area contributed by atoms with E-state index in [1.807, 2.05) is 26.0 Å². The maximum Gasteiger partial charge on any atom is 0.323 e. The minimum absolute atomic E-state index is 0.0599. The number of ether oxygens (including phenoxy) is 2. The topological polar surface area (TPSA) is 113 Å². The van der Waals surface area contributed by atoms with Crippen molar-refractivity contribution >= 4 is 21.1 Å². The van der Waals surface area contributed by atoms with Crippen LogP contribution in [0.1, 0.15) is 25.0 Å². The Bertz CT molecular complexity index is 1200. The van der Waals surface area contributed by atoms with Crippen molar-refractivity contribution in [3.8, 4) is 11.5 Å². The molecule has 8 nitrogen and oxygen atoms in total. The molecule has 1 aromatic heterocycles. The smallest absolute Gasteiger partial charge is 0.323 e.